The number of phenolic OH excluding ortho intramolecular Hbond substituents is 2. The van der Waals surface area contributed by atoms with Crippen LogP contribution < -0.4 is 11.5 Å². The minimum atomic E-state index is -0.0171. The molecular formula is C12H10N2O3. The zero-order valence-corrected chi connectivity index (χ0v) is 8.77. The van der Waals surface area contributed by atoms with Gasteiger partial charge in [-0.1, -0.05) is 0 Å². The fourth-order valence-electron chi connectivity index (χ4n) is 1.88. The second-order valence-corrected chi connectivity index (χ2v) is 3.92. The van der Waals surface area contributed by atoms with Crippen molar-refractivity contribution in [2.24, 2.45) is 0 Å². The molecule has 0 atom stereocenters. The molecule has 0 aliphatic heterocycles. The molecule has 2 aromatic carbocycles. The molecule has 0 saturated heterocycles. The standard InChI is InChI=1S/C12H10N2O3/c13-7-3-11-5(1-9(7)15)6-2-10(16)8(14)4-12(6)17-11/h1-4,15-16H,13-14H2. The van der Waals surface area contributed by atoms with Crippen molar-refractivity contribution in [3.63, 3.8) is 0 Å². The van der Waals surface area contributed by atoms with Gasteiger partial charge in [0, 0.05) is 22.9 Å². The molecule has 6 N–H and O–H groups in total. The Morgan fingerprint density at radius 2 is 1.18 bits per heavy atom. The fraction of sp³-hybridized carbons (Fsp3) is 0. The highest BCUT2D eigenvalue weighted by molar-refractivity contribution is 6.08. The van der Waals surface area contributed by atoms with Gasteiger partial charge >= 0.3 is 0 Å². The third kappa shape index (κ3) is 1.25. The number of furan rings is 1. The molecule has 5 nitrogen and oxygen atoms in total. The minimum absolute atomic E-state index is 0.0171. The molecule has 0 amide bonds. The van der Waals surface area contributed by atoms with Crippen LogP contribution in [-0.2, 0) is 0 Å². The fourth-order valence-corrected chi connectivity index (χ4v) is 1.88. The van der Waals surface area contributed by atoms with Crippen LogP contribution in [-0.4, -0.2) is 10.2 Å². The molecule has 0 radical (unpaired) electrons. The van der Waals surface area contributed by atoms with Gasteiger partial charge in [0.15, 0.2) is 0 Å². The van der Waals surface area contributed by atoms with Crippen molar-refractivity contribution >= 4 is 33.3 Å². The maximum atomic E-state index is 9.57. The van der Waals surface area contributed by atoms with E-state index in [0.29, 0.717) is 21.9 Å². The highest BCUT2D eigenvalue weighted by Crippen LogP contribution is 2.37. The van der Waals surface area contributed by atoms with E-state index in [1.165, 1.54) is 24.3 Å². The summed E-state index contributed by atoms with van der Waals surface area (Å²) < 4.78 is 5.54. The average molecular weight is 230 g/mol. The molecule has 3 rings (SSSR count). The Balaban J connectivity index is 2.51. The van der Waals surface area contributed by atoms with Crippen LogP contribution in [0, 0.1) is 0 Å². The van der Waals surface area contributed by atoms with Crippen LogP contribution in [0.15, 0.2) is 28.7 Å². The summed E-state index contributed by atoms with van der Waals surface area (Å²) in [6, 6.07) is 6.09. The highest BCUT2D eigenvalue weighted by atomic mass is 16.3. The minimum Gasteiger partial charge on any atom is -0.506 e. The molecule has 86 valence electrons. The van der Waals surface area contributed by atoms with Gasteiger partial charge in [0.1, 0.15) is 22.7 Å². The Morgan fingerprint density at radius 3 is 1.59 bits per heavy atom. The van der Waals surface area contributed by atoms with Crippen molar-refractivity contribution in [3.05, 3.63) is 24.3 Å². The van der Waals surface area contributed by atoms with Crippen LogP contribution >= 0.6 is 0 Å². The summed E-state index contributed by atoms with van der Waals surface area (Å²) in [6.45, 7) is 0. The maximum Gasteiger partial charge on any atom is 0.139 e. The molecule has 1 heterocycles. The summed E-state index contributed by atoms with van der Waals surface area (Å²) in [5.41, 5.74) is 12.7. The Hall–Kier alpha value is -2.56. The van der Waals surface area contributed by atoms with Crippen LogP contribution in [0.1, 0.15) is 0 Å². The highest BCUT2D eigenvalue weighted by Gasteiger charge is 2.12. The summed E-state index contributed by atoms with van der Waals surface area (Å²) in [5, 5.41) is 20.5. The van der Waals surface area contributed by atoms with E-state index in [4.69, 9.17) is 15.9 Å². The average Bonchev–Trinajstić information content (AvgIpc) is 2.58. The smallest absolute Gasteiger partial charge is 0.139 e. The predicted molar refractivity (Wildman–Crippen MR) is 65.9 cm³/mol. The number of anilines is 2. The predicted octanol–water partition coefficient (Wildman–Crippen LogP) is 2.16. The lowest BCUT2D eigenvalue weighted by Crippen LogP contribution is -1.84. The lowest BCUT2D eigenvalue weighted by molar-refractivity contribution is 0.478. The number of aromatic hydroxyl groups is 2. The summed E-state index contributed by atoms with van der Waals surface area (Å²) in [6.07, 6.45) is 0. The zero-order valence-electron chi connectivity index (χ0n) is 8.77. The van der Waals surface area contributed by atoms with Gasteiger partial charge in [0.2, 0.25) is 0 Å². The molecule has 3 aromatic rings. The molecule has 0 aliphatic carbocycles. The van der Waals surface area contributed by atoms with Crippen LogP contribution in [0.4, 0.5) is 11.4 Å². The second-order valence-electron chi connectivity index (χ2n) is 3.92. The third-order valence-electron chi connectivity index (χ3n) is 2.77. The van der Waals surface area contributed by atoms with Crippen molar-refractivity contribution in [3.8, 4) is 11.5 Å². The summed E-state index contributed by atoms with van der Waals surface area (Å²) >= 11 is 0. The van der Waals surface area contributed by atoms with E-state index in [2.05, 4.69) is 0 Å². The van der Waals surface area contributed by atoms with E-state index in [1.54, 1.807) is 0 Å². The van der Waals surface area contributed by atoms with Crippen LogP contribution in [0.2, 0.25) is 0 Å². The largest absolute Gasteiger partial charge is 0.506 e. The van der Waals surface area contributed by atoms with E-state index in [9.17, 15) is 10.2 Å². The third-order valence-corrected chi connectivity index (χ3v) is 2.77. The van der Waals surface area contributed by atoms with E-state index in [0.717, 1.165) is 0 Å². The molecule has 17 heavy (non-hydrogen) atoms. The zero-order chi connectivity index (χ0) is 12.2. The van der Waals surface area contributed by atoms with Crippen molar-refractivity contribution in [1.82, 2.24) is 0 Å². The number of hydrogen-bond acceptors (Lipinski definition) is 5. The first-order valence-corrected chi connectivity index (χ1v) is 4.99. The molecule has 1 aromatic heterocycles. The lowest BCUT2D eigenvalue weighted by Gasteiger charge is -1.98. The normalized spacial score (nSPS) is 11.3. The van der Waals surface area contributed by atoms with Gasteiger partial charge in [-0.15, -0.1) is 0 Å². The SMILES string of the molecule is Nc1cc2oc3cc(N)c(O)cc3c2cc1O. The Kier molecular flexibility index (Phi) is 1.69. The number of nitrogens with two attached hydrogens (primary N) is 2. The topological polar surface area (TPSA) is 106 Å². The Labute approximate surface area is 95.9 Å². The summed E-state index contributed by atoms with van der Waals surface area (Å²) in [5.74, 6) is -0.0342. The van der Waals surface area contributed by atoms with Gasteiger partial charge in [0.25, 0.3) is 0 Å². The first-order valence-electron chi connectivity index (χ1n) is 4.99. The van der Waals surface area contributed by atoms with E-state index >= 15 is 0 Å². The van der Waals surface area contributed by atoms with Crippen molar-refractivity contribution < 1.29 is 14.6 Å². The molecular weight excluding hydrogens is 220 g/mol. The molecule has 0 aliphatic rings. The molecule has 0 bridgehead atoms. The second kappa shape index (κ2) is 2.98. The first-order chi connectivity index (χ1) is 8.06. The summed E-state index contributed by atoms with van der Waals surface area (Å²) in [7, 11) is 0. The van der Waals surface area contributed by atoms with Gasteiger partial charge in [0.05, 0.1) is 11.4 Å². The number of rotatable bonds is 0. The van der Waals surface area contributed by atoms with Crippen LogP contribution in [0.3, 0.4) is 0 Å². The van der Waals surface area contributed by atoms with Gasteiger partial charge in [-0.25, -0.2) is 0 Å². The van der Waals surface area contributed by atoms with E-state index in [-0.39, 0.29) is 22.9 Å². The van der Waals surface area contributed by atoms with Gasteiger partial charge in [-0.2, -0.15) is 0 Å². The summed E-state index contributed by atoms with van der Waals surface area (Å²) in [4.78, 5) is 0. The monoisotopic (exact) mass is 230 g/mol. The van der Waals surface area contributed by atoms with E-state index in [1.807, 2.05) is 0 Å². The Bertz CT molecular complexity index is 684. The maximum absolute atomic E-state index is 9.57. The van der Waals surface area contributed by atoms with Gasteiger partial charge in [-0.05, 0) is 12.1 Å². The van der Waals surface area contributed by atoms with Gasteiger partial charge < -0.3 is 26.1 Å². The quantitative estimate of drug-likeness (QED) is 0.350. The molecule has 0 spiro atoms. The van der Waals surface area contributed by atoms with Crippen LogP contribution in [0.25, 0.3) is 21.9 Å². The molecule has 0 fully saturated rings. The lowest BCUT2D eigenvalue weighted by atomic mass is 10.1. The van der Waals surface area contributed by atoms with Crippen LogP contribution in [0.5, 0.6) is 11.5 Å². The first kappa shape index (κ1) is 9.65. The molecule has 0 saturated carbocycles. The van der Waals surface area contributed by atoms with E-state index < -0.39 is 0 Å². The number of hydrogen-bond donors (Lipinski definition) is 4. The number of phenols is 2. The number of fused-ring (bicyclic) bond motifs is 3. The van der Waals surface area contributed by atoms with Gasteiger partial charge in [-0.3, -0.25) is 0 Å². The molecule has 5 heteroatoms. The van der Waals surface area contributed by atoms with Crippen molar-refractivity contribution in [2.75, 3.05) is 11.5 Å². The number of benzene rings is 2. The Morgan fingerprint density at radius 1 is 0.765 bits per heavy atom. The van der Waals surface area contributed by atoms with Crippen molar-refractivity contribution in [2.45, 2.75) is 0 Å². The molecule has 0 unspecified atom stereocenters. The van der Waals surface area contributed by atoms with Crippen molar-refractivity contribution in [1.29, 1.82) is 0 Å². The number of nitrogen functional groups attached to an aromatic ring is 2.